The van der Waals surface area contributed by atoms with Gasteiger partial charge in [-0.15, -0.1) is 0 Å². The monoisotopic (exact) mass is 268 g/mol. The van der Waals surface area contributed by atoms with Crippen molar-refractivity contribution in [2.45, 2.75) is 26.2 Å². The molecule has 0 aliphatic heterocycles. The summed E-state index contributed by atoms with van der Waals surface area (Å²) in [5.74, 6) is 1.05. The van der Waals surface area contributed by atoms with Gasteiger partial charge >= 0.3 is 5.97 Å². The summed E-state index contributed by atoms with van der Waals surface area (Å²) in [6.45, 7) is 4.82. The van der Waals surface area contributed by atoms with Crippen LogP contribution in [0.1, 0.15) is 42.2 Å². The van der Waals surface area contributed by atoms with E-state index in [4.69, 9.17) is 5.11 Å². The average molecular weight is 268 g/mol. The number of nitrogens with one attached hydrogen (secondary N) is 1. The maximum absolute atomic E-state index is 11.0. The molecule has 0 amide bonds. The van der Waals surface area contributed by atoms with E-state index in [1.54, 1.807) is 23.9 Å². The molecule has 0 aliphatic rings. The van der Waals surface area contributed by atoms with E-state index >= 15 is 0 Å². The molecular formula is C13H20N2O2S. The normalized spacial score (nSPS) is 10.7. The molecule has 0 aliphatic carbocycles. The summed E-state index contributed by atoms with van der Waals surface area (Å²) in [7, 11) is 0. The van der Waals surface area contributed by atoms with Crippen molar-refractivity contribution in [3.05, 3.63) is 23.4 Å². The highest BCUT2D eigenvalue weighted by Crippen LogP contribution is 2.17. The molecule has 0 radical (unpaired) electrons. The maximum atomic E-state index is 11.0. The highest BCUT2D eigenvalue weighted by molar-refractivity contribution is 7.98. The average Bonchev–Trinajstić information content (AvgIpc) is 2.34. The molecule has 0 fully saturated rings. The largest absolute Gasteiger partial charge is 0.478 e. The first-order chi connectivity index (χ1) is 8.54. The Morgan fingerprint density at radius 1 is 1.50 bits per heavy atom. The minimum Gasteiger partial charge on any atom is -0.478 e. The quantitative estimate of drug-likeness (QED) is 0.744. The van der Waals surface area contributed by atoms with Gasteiger partial charge in [0.1, 0.15) is 5.82 Å². The van der Waals surface area contributed by atoms with Crippen LogP contribution in [0.2, 0.25) is 0 Å². The third kappa shape index (κ3) is 4.56. The fourth-order valence-corrected chi connectivity index (χ4v) is 1.93. The van der Waals surface area contributed by atoms with Crippen LogP contribution >= 0.6 is 11.8 Å². The number of carboxylic acids is 1. The predicted molar refractivity (Wildman–Crippen MR) is 76.8 cm³/mol. The Bertz CT molecular complexity index is 408. The van der Waals surface area contributed by atoms with Gasteiger partial charge in [0.2, 0.25) is 0 Å². The third-order valence-corrected chi connectivity index (χ3v) is 3.21. The van der Waals surface area contributed by atoms with Crippen LogP contribution in [-0.4, -0.2) is 34.6 Å². The molecule has 0 unspecified atom stereocenters. The Hall–Kier alpha value is -1.23. The number of anilines is 1. The van der Waals surface area contributed by atoms with Crippen LogP contribution in [0.15, 0.2) is 12.1 Å². The first-order valence-corrected chi connectivity index (χ1v) is 7.42. The van der Waals surface area contributed by atoms with Gasteiger partial charge in [0.25, 0.3) is 0 Å². The van der Waals surface area contributed by atoms with Crippen LogP contribution in [0, 0.1) is 0 Å². The standard InChI is InChI=1S/C13H20N2O2S/c1-9(2)11-7-10(13(16)17)8-12(15-11)14-5-4-6-18-3/h7-9H,4-6H2,1-3H3,(H,14,15)(H,16,17). The molecule has 0 saturated carbocycles. The number of carbonyl (C=O) groups is 1. The zero-order chi connectivity index (χ0) is 13.5. The van der Waals surface area contributed by atoms with E-state index in [2.05, 4.69) is 16.6 Å². The van der Waals surface area contributed by atoms with E-state index in [0.717, 1.165) is 24.4 Å². The van der Waals surface area contributed by atoms with E-state index in [9.17, 15) is 4.79 Å². The summed E-state index contributed by atoms with van der Waals surface area (Å²) in [4.78, 5) is 15.5. The molecule has 2 N–H and O–H groups in total. The van der Waals surface area contributed by atoms with Crippen molar-refractivity contribution in [3.8, 4) is 0 Å². The van der Waals surface area contributed by atoms with Gasteiger partial charge in [-0.2, -0.15) is 11.8 Å². The summed E-state index contributed by atoms with van der Waals surface area (Å²) in [5.41, 5.74) is 1.10. The molecule has 1 aromatic heterocycles. The number of rotatable bonds is 7. The number of nitrogens with zero attached hydrogens (tertiary/aromatic N) is 1. The van der Waals surface area contributed by atoms with Gasteiger partial charge in [-0.1, -0.05) is 13.8 Å². The van der Waals surface area contributed by atoms with E-state index in [1.165, 1.54) is 0 Å². The number of aromatic nitrogens is 1. The van der Waals surface area contributed by atoms with Gasteiger partial charge in [0.15, 0.2) is 0 Å². The highest BCUT2D eigenvalue weighted by atomic mass is 32.2. The number of carboxylic acid groups (broad SMARTS) is 1. The molecule has 18 heavy (non-hydrogen) atoms. The van der Waals surface area contributed by atoms with Crippen molar-refractivity contribution in [1.82, 2.24) is 4.98 Å². The van der Waals surface area contributed by atoms with Crippen LogP contribution in [0.3, 0.4) is 0 Å². The van der Waals surface area contributed by atoms with Crippen molar-refractivity contribution in [2.75, 3.05) is 23.9 Å². The lowest BCUT2D eigenvalue weighted by Gasteiger charge is -2.11. The fourth-order valence-electron chi connectivity index (χ4n) is 1.49. The summed E-state index contributed by atoms with van der Waals surface area (Å²) < 4.78 is 0. The smallest absolute Gasteiger partial charge is 0.335 e. The molecule has 0 bridgehead atoms. The Balaban J connectivity index is 2.79. The number of hydrogen-bond acceptors (Lipinski definition) is 4. The summed E-state index contributed by atoms with van der Waals surface area (Å²) in [6.07, 6.45) is 3.11. The zero-order valence-corrected chi connectivity index (χ0v) is 11.9. The van der Waals surface area contributed by atoms with E-state index in [1.807, 2.05) is 13.8 Å². The lowest BCUT2D eigenvalue weighted by molar-refractivity contribution is 0.0696. The highest BCUT2D eigenvalue weighted by Gasteiger charge is 2.10. The topological polar surface area (TPSA) is 62.2 Å². The molecular weight excluding hydrogens is 248 g/mol. The van der Waals surface area contributed by atoms with E-state index in [0.29, 0.717) is 11.4 Å². The number of hydrogen-bond donors (Lipinski definition) is 2. The minimum absolute atomic E-state index is 0.219. The van der Waals surface area contributed by atoms with Crippen molar-refractivity contribution in [3.63, 3.8) is 0 Å². The van der Waals surface area contributed by atoms with Crippen molar-refractivity contribution < 1.29 is 9.90 Å². The number of aromatic carboxylic acids is 1. The predicted octanol–water partition coefficient (Wildman–Crippen LogP) is 3.07. The molecule has 1 aromatic rings. The molecule has 0 spiro atoms. The summed E-state index contributed by atoms with van der Waals surface area (Å²) in [5, 5.41) is 12.2. The molecule has 0 saturated heterocycles. The molecule has 4 nitrogen and oxygen atoms in total. The van der Waals surface area contributed by atoms with Gasteiger partial charge in [0, 0.05) is 12.2 Å². The SMILES string of the molecule is CSCCCNc1cc(C(=O)O)cc(C(C)C)n1. The first-order valence-electron chi connectivity index (χ1n) is 6.02. The number of pyridine rings is 1. The second-order valence-electron chi connectivity index (χ2n) is 4.40. The summed E-state index contributed by atoms with van der Waals surface area (Å²) in [6, 6.07) is 3.23. The van der Waals surface area contributed by atoms with Gasteiger partial charge in [-0.3, -0.25) is 0 Å². The second kappa shape index (κ2) is 7.26. The third-order valence-electron chi connectivity index (χ3n) is 2.51. The Morgan fingerprint density at radius 3 is 2.78 bits per heavy atom. The van der Waals surface area contributed by atoms with Gasteiger partial charge in [-0.05, 0) is 36.5 Å². The second-order valence-corrected chi connectivity index (χ2v) is 5.38. The van der Waals surface area contributed by atoms with Crippen molar-refractivity contribution in [2.24, 2.45) is 0 Å². The maximum Gasteiger partial charge on any atom is 0.335 e. The Morgan fingerprint density at radius 2 is 2.22 bits per heavy atom. The van der Waals surface area contributed by atoms with Crippen LogP contribution in [0.25, 0.3) is 0 Å². The van der Waals surface area contributed by atoms with E-state index < -0.39 is 5.97 Å². The molecule has 100 valence electrons. The molecule has 0 atom stereocenters. The van der Waals surface area contributed by atoms with Gasteiger partial charge in [-0.25, -0.2) is 9.78 Å². The van der Waals surface area contributed by atoms with Crippen LogP contribution in [-0.2, 0) is 0 Å². The lowest BCUT2D eigenvalue weighted by Crippen LogP contribution is -2.08. The van der Waals surface area contributed by atoms with Crippen LogP contribution in [0.4, 0.5) is 5.82 Å². The molecule has 1 rings (SSSR count). The minimum atomic E-state index is -0.911. The molecule has 1 heterocycles. The van der Waals surface area contributed by atoms with Crippen LogP contribution < -0.4 is 5.32 Å². The first kappa shape index (κ1) is 14.8. The van der Waals surface area contributed by atoms with E-state index in [-0.39, 0.29) is 5.92 Å². The lowest BCUT2D eigenvalue weighted by atomic mass is 10.1. The summed E-state index contributed by atoms with van der Waals surface area (Å²) >= 11 is 1.80. The molecule has 5 heteroatoms. The van der Waals surface area contributed by atoms with Crippen molar-refractivity contribution >= 4 is 23.5 Å². The fraction of sp³-hybridized carbons (Fsp3) is 0.538. The Labute approximate surface area is 112 Å². The van der Waals surface area contributed by atoms with Crippen LogP contribution in [0.5, 0.6) is 0 Å². The number of thioether (sulfide) groups is 1. The molecule has 0 aromatic carbocycles. The van der Waals surface area contributed by atoms with Gasteiger partial charge in [0.05, 0.1) is 5.56 Å². The Kier molecular flexibility index (Phi) is 5.98. The van der Waals surface area contributed by atoms with Gasteiger partial charge < -0.3 is 10.4 Å². The zero-order valence-electron chi connectivity index (χ0n) is 11.1. The van der Waals surface area contributed by atoms with Crippen molar-refractivity contribution in [1.29, 1.82) is 0 Å².